The number of rotatable bonds is 5. The maximum Gasteiger partial charge on any atom is 0.330 e. The molecule has 0 unspecified atom stereocenters. The Labute approximate surface area is 152 Å². The van der Waals surface area contributed by atoms with E-state index in [0.717, 1.165) is 20.4 Å². The number of hydrogen-bond donors (Lipinski definition) is 1. The summed E-state index contributed by atoms with van der Waals surface area (Å²) in [5.41, 5.74) is 0.978. The molecule has 130 valence electrons. The maximum absolute atomic E-state index is 12.2. The summed E-state index contributed by atoms with van der Waals surface area (Å²) >= 11 is 3.54. The Kier molecular flexibility index (Phi) is 4.89. The minimum Gasteiger partial charge on any atom is -0.366 e. The summed E-state index contributed by atoms with van der Waals surface area (Å²) in [5, 5.41) is 7.55. The van der Waals surface area contributed by atoms with E-state index in [1.807, 2.05) is 35.0 Å². The zero-order chi connectivity index (χ0) is 18.0. The second kappa shape index (κ2) is 7.10. The van der Waals surface area contributed by atoms with Crippen LogP contribution in [0.2, 0.25) is 0 Å². The quantitative estimate of drug-likeness (QED) is 0.703. The van der Waals surface area contributed by atoms with E-state index in [0.29, 0.717) is 18.7 Å². The molecule has 1 N–H and O–H groups in total. The van der Waals surface area contributed by atoms with Crippen LogP contribution in [0.4, 0.5) is 5.82 Å². The average Bonchev–Trinajstić information content (AvgIpc) is 3.04. The smallest absolute Gasteiger partial charge is 0.330 e. The highest BCUT2D eigenvalue weighted by atomic mass is 79.9. The van der Waals surface area contributed by atoms with Gasteiger partial charge in [0.1, 0.15) is 5.82 Å². The van der Waals surface area contributed by atoms with Crippen LogP contribution in [-0.4, -0.2) is 18.9 Å². The van der Waals surface area contributed by atoms with Gasteiger partial charge in [-0.2, -0.15) is 5.10 Å². The van der Waals surface area contributed by atoms with Crippen molar-refractivity contribution in [2.24, 2.45) is 14.1 Å². The van der Waals surface area contributed by atoms with Gasteiger partial charge in [0.15, 0.2) is 0 Å². The van der Waals surface area contributed by atoms with Crippen LogP contribution in [0, 0.1) is 0 Å². The molecule has 0 radical (unpaired) electrons. The van der Waals surface area contributed by atoms with Crippen molar-refractivity contribution in [3.63, 3.8) is 0 Å². The lowest BCUT2D eigenvalue weighted by Gasteiger charge is -2.12. The number of aryl methyl sites for hydroxylation is 1. The average molecular weight is 404 g/mol. The third-order valence-corrected chi connectivity index (χ3v) is 4.75. The number of anilines is 1. The first-order valence-electron chi connectivity index (χ1n) is 7.72. The van der Waals surface area contributed by atoms with Gasteiger partial charge in [0.05, 0.1) is 18.3 Å². The Bertz CT molecular complexity index is 1020. The van der Waals surface area contributed by atoms with Crippen molar-refractivity contribution in [1.29, 1.82) is 0 Å². The summed E-state index contributed by atoms with van der Waals surface area (Å²) in [5.74, 6) is 0.798. The lowest BCUT2D eigenvalue weighted by Crippen LogP contribution is -2.38. The Morgan fingerprint density at radius 3 is 2.64 bits per heavy atom. The third-order valence-electron chi connectivity index (χ3n) is 3.97. The highest BCUT2D eigenvalue weighted by Crippen LogP contribution is 2.18. The SMILES string of the molecule is Cn1cc(CNc2ccnn2Cc2ccccc2Br)c(=O)n(C)c1=O. The van der Waals surface area contributed by atoms with Crippen molar-refractivity contribution < 1.29 is 0 Å². The predicted molar refractivity (Wildman–Crippen MR) is 99.7 cm³/mol. The fourth-order valence-electron chi connectivity index (χ4n) is 2.59. The van der Waals surface area contributed by atoms with Gasteiger partial charge < -0.3 is 9.88 Å². The molecule has 0 saturated carbocycles. The van der Waals surface area contributed by atoms with E-state index < -0.39 is 0 Å². The minimum atomic E-state index is -0.340. The van der Waals surface area contributed by atoms with Crippen molar-refractivity contribution in [3.8, 4) is 0 Å². The topological polar surface area (TPSA) is 73.8 Å². The van der Waals surface area contributed by atoms with Crippen LogP contribution in [0.25, 0.3) is 0 Å². The van der Waals surface area contributed by atoms with Crippen LogP contribution in [-0.2, 0) is 27.2 Å². The summed E-state index contributed by atoms with van der Waals surface area (Å²) < 4.78 is 5.35. The molecule has 0 aliphatic carbocycles. The van der Waals surface area contributed by atoms with Gasteiger partial charge in [0.2, 0.25) is 0 Å². The fourth-order valence-corrected chi connectivity index (χ4v) is 3.00. The van der Waals surface area contributed by atoms with Gasteiger partial charge in [-0.15, -0.1) is 0 Å². The van der Waals surface area contributed by atoms with Crippen LogP contribution >= 0.6 is 15.9 Å². The second-order valence-corrected chi connectivity index (χ2v) is 6.59. The third kappa shape index (κ3) is 3.58. The van der Waals surface area contributed by atoms with E-state index in [1.165, 1.54) is 11.6 Å². The fraction of sp³-hybridized carbons (Fsp3) is 0.235. The van der Waals surface area contributed by atoms with Crippen LogP contribution in [0.1, 0.15) is 11.1 Å². The summed E-state index contributed by atoms with van der Waals surface area (Å²) in [6.07, 6.45) is 3.27. The van der Waals surface area contributed by atoms with Crippen molar-refractivity contribution in [2.75, 3.05) is 5.32 Å². The molecule has 0 aliphatic heterocycles. The first-order valence-corrected chi connectivity index (χ1v) is 8.51. The van der Waals surface area contributed by atoms with E-state index >= 15 is 0 Å². The minimum absolute atomic E-state index is 0.299. The molecule has 0 saturated heterocycles. The molecule has 0 spiro atoms. The highest BCUT2D eigenvalue weighted by molar-refractivity contribution is 9.10. The molecule has 0 amide bonds. The van der Waals surface area contributed by atoms with Gasteiger partial charge in [-0.3, -0.25) is 9.36 Å². The Balaban J connectivity index is 1.80. The van der Waals surface area contributed by atoms with Gasteiger partial charge in [-0.25, -0.2) is 9.48 Å². The number of benzene rings is 1. The standard InChI is InChI=1S/C17H18BrN5O2/c1-21-10-13(16(24)22(2)17(21)25)9-19-15-7-8-20-23(15)11-12-5-3-4-6-14(12)18/h3-8,10,19H,9,11H2,1-2H3. The van der Waals surface area contributed by atoms with Gasteiger partial charge >= 0.3 is 5.69 Å². The van der Waals surface area contributed by atoms with Crippen LogP contribution in [0.5, 0.6) is 0 Å². The maximum atomic E-state index is 12.2. The van der Waals surface area contributed by atoms with Gasteiger partial charge in [0.25, 0.3) is 5.56 Å². The molecule has 3 aromatic rings. The summed E-state index contributed by atoms with van der Waals surface area (Å²) in [6.45, 7) is 0.907. The number of aromatic nitrogens is 4. The molecule has 2 heterocycles. The van der Waals surface area contributed by atoms with Gasteiger partial charge in [-0.05, 0) is 11.6 Å². The number of nitrogens with one attached hydrogen (secondary N) is 1. The monoisotopic (exact) mass is 403 g/mol. The predicted octanol–water partition coefficient (Wildman–Crippen LogP) is 1.70. The Morgan fingerprint density at radius 2 is 1.88 bits per heavy atom. The molecule has 0 bridgehead atoms. The van der Waals surface area contributed by atoms with Crippen molar-refractivity contribution >= 4 is 21.7 Å². The van der Waals surface area contributed by atoms with Crippen LogP contribution in [0.3, 0.4) is 0 Å². The van der Waals surface area contributed by atoms with Gasteiger partial charge in [-0.1, -0.05) is 34.1 Å². The van der Waals surface area contributed by atoms with E-state index in [2.05, 4.69) is 26.3 Å². The van der Waals surface area contributed by atoms with E-state index in [9.17, 15) is 9.59 Å². The van der Waals surface area contributed by atoms with E-state index in [-0.39, 0.29) is 11.2 Å². The summed E-state index contributed by atoms with van der Waals surface area (Å²) in [4.78, 5) is 24.0. The Hall–Kier alpha value is -2.61. The molecule has 1 aromatic carbocycles. The zero-order valence-electron chi connectivity index (χ0n) is 13.9. The van der Waals surface area contributed by atoms with Gasteiger partial charge in [0, 0.05) is 37.4 Å². The molecule has 8 heteroatoms. The number of nitrogens with zero attached hydrogens (tertiary/aromatic N) is 4. The molecule has 2 aromatic heterocycles. The van der Waals surface area contributed by atoms with Crippen molar-refractivity contribution in [3.05, 3.63) is 79.2 Å². The molecule has 25 heavy (non-hydrogen) atoms. The number of halogens is 1. The van der Waals surface area contributed by atoms with Crippen molar-refractivity contribution in [2.45, 2.75) is 13.1 Å². The van der Waals surface area contributed by atoms with E-state index in [1.54, 1.807) is 19.4 Å². The van der Waals surface area contributed by atoms with E-state index in [4.69, 9.17) is 0 Å². The highest BCUT2D eigenvalue weighted by Gasteiger charge is 2.09. The second-order valence-electron chi connectivity index (χ2n) is 5.73. The molecule has 0 fully saturated rings. The molecular formula is C17H18BrN5O2. The van der Waals surface area contributed by atoms with Crippen LogP contribution < -0.4 is 16.6 Å². The summed E-state index contributed by atoms with van der Waals surface area (Å²) in [6, 6.07) is 9.80. The molecule has 7 nitrogen and oxygen atoms in total. The molecule has 0 aliphatic rings. The lowest BCUT2D eigenvalue weighted by molar-refractivity contribution is 0.666. The zero-order valence-corrected chi connectivity index (χ0v) is 15.5. The largest absolute Gasteiger partial charge is 0.366 e. The normalized spacial score (nSPS) is 10.8. The molecule has 0 atom stereocenters. The van der Waals surface area contributed by atoms with Crippen molar-refractivity contribution in [1.82, 2.24) is 18.9 Å². The lowest BCUT2D eigenvalue weighted by atomic mass is 10.2. The molecule has 3 rings (SSSR count). The Morgan fingerprint density at radius 1 is 1.12 bits per heavy atom. The number of hydrogen-bond acceptors (Lipinski definition) is 4. The first kappa shape index (κ1) is 17.2. The summed E-state index contributed by atoms with van der Waals surface area (Å²) in [7, 11) is 3.10. The molecular weight excluding hydrogens is 386 g/mol. The van der Waals surface area contributed by atoms with Crippen LogP contribution in [0.15, 0.2) is 56.8 Å². The first-order chi connectivity index (χ1) is 12.0.